The molecule has 0 saturated carbocycles. The molecule has 158 valence electrons. The minimum absolute atomic E-state index is 0.108. The number of aromatic nitrogens is 2. The number of anilines is 1. The van der Waals surface area contributed by atoms with Crippen LogP contribution < -0.4 is 19.1 Å². The second-order valence-corrected chi connectivity index (χ2v) is 8.79. The predicted molar refractivity (Wildman–Crippen MR) is 108 cm³/mol. The average Bonchev–Trinajstić information content (AvgIpc) is 2.73. The van der Waals surface area contributed by atoms with Crippen molar-refractivity contribution in [2.24, 2.45) is 0 Å². The molecule has 0 amide bonds. The van der Waals surface area contributed by atoms with Crippen LogP contribution in [0.3, 0.4) is 0 Å². The zero-order valence-electron chi connectivity index (χ0n) is 17.0. The van der Waals surface area contributed by atoms with E-state index < -0.39 is 10.0 Å². The fourth-order valence-corrected chi connectivity index (χ4v) is 4.78. The number of nitrogens with zero attached hydrogens (tertiary/aromatic N) is 4. The van der Waals surface area contributed by atoms with Gasteiger partial charge in [-0.2, -0.15) is 4.31 Å². The van der Waals surface area contributed by atoms with Gasteiger partial charge >= 0.3 is 0 Å². The number of methoxy groups -OCH3 is 2. The van der Waals surface area contributed by atoms with Crippen LogP contribution >= 0.6 is 0 Å². The Balaban J connectivity index is 1.76. The largest absolute Gasteiger partial charge is 0.497 e. The Hall–Kier alpha value is -2.59. The van der Waals surface area contributed by atoms with E-state index in [0.717, 1.165) is 12.2 Å². The molecule has 1 aliphatic heterocycles. The second-order valence-electron chi connectivity index (χ2n) is 6.89. The van der Waals surface area contributed by atoms with Gasteiger partial charge in [0.1, 0.15) is 22.5 Å². The highest BCUT2D eigenvalue weighted by Crippen LogP contribution is 2.32. The van der Waals surface area contributed by atoms with Gasteiger partial charge in [0.25, 0.3) is 0 Å². The van der Waals surface area contributed by atoms with Gasteiger partial charge in [-0.15, -0.1) is 10.2 Å². The summed E-state index contributed by atoms with van der Waals surface area (Å²) in [5, 5.41) is 8.16. The maximum atomic E-state index is 13.2. The van der Waals surface area contributed by atoms with Crippen LogP contribution in [0.2, 0.25) is 0 Å². The van der Waals surface area contributed by atoms with Gasteiger partial charge in [0.15, 0.2) is 5.82 Å². The van der Waals surface area contributed by atoms with E-state index in [-0.39, 0.29) is 23.3 Å². The summed E-state index contributed by atoms with van der Waals surface area (Å²) >= 11 is 0. The molecule has 29 heavy (non-hydrogen) atoms. The molecule has 2 heterocycles. The van der Waals surface area contributed by atoms with Crippen LogP contribution in [0.1, 0.15) is 12.8 Å². The van der Waals surface area contributed by atoms with E-state index in [1.165, 1.54) is 24.6 Å². The Kier molecular flexibility index (Phi) is 6.43. The molecule has 0 bridgehead atoms. The first-order chi connectivity index (χ1) is 13.8. The van der Waals surface area contributed by atoms with E-state index >= 15 is 0 Å². The van der Waals surface area contributed by atoms with Gasteiger partial charge in [0.2, 0.25) is 15.9 Å². The molecule has 2 aromatic rings. The summed E-state index contributed by atoms with van der Waals surface area (Å²) in [5.41, 5.74) is 0. The average molecular weight is 423 g/mol. The lowest BCUT2D eigenvalue weighted by Crippen LogP contribution is -2.44. The summed E-state index contributed by atoms with van der Waals surface area (Å²) < 4.78 is 44.1. The number of ether oxygens (including phenoxy) is 3. The molecule has 1 fully saturated rings. The maximum absolute atomic E-state index is 13.2. The Morgan fingerprint density at radius 1 is 1.10 bits per heavy atom. The predicted octanol–water partition coefficient (Wildman–Crippen LogP) is 1.79. The quantitative estimate of drug-likeness (QED) is 0.667. The molecular formula is C19H26N4O5S. The number of piperidine rings is 1. The maximum Gasteiger partial charge on any atom is 0.246 e. The van der Waals surface area contributed by atoms with E-state index in [4.69, 9.17) is 14.2 Å². The zero-order valence-corrected chi connectivity index (χ0v) is 17.8. The summed E-state index contributed by atoms with van der Waals surface area (Å²) in [7, 11) is 2.96. The molecular weight excluding hydrogens is 396 g/mol. The Morgan fingerprint density at radius 3 is 2.52 bits per heavy atom. The third-order valence-corrected chi connectivity index (χ3v) is 6.61. The van der Waals surface area contributed by atoms with Crippen LogP contribution in [0.4, 0.5) is 5.82 Å². The molecule has 1 atom stereocenters. The van der Waals surface area contributed by atoms with Crippen LogP contribution in [0.25, 0.3) is 0 Å². The van der Waals surface area contributed by atoms with E-state index in [1.54, 1.807) is 18.2 Å². The molecule has 9 nitrogen and oxygen atoms in total. The molecule has 1 aromatic heterocycles. The molecule has 10 heteroatoms. The lowest BCUT2D eigenvalue weighted by atomic mass is 10.1. The van der Waals surface area contributed by atoms with Gasteiger partial charge in [0, 0.05) is 32.8 Å². The molecule has 0 aliphatic carbocycles. The number of rotatable bonds is 7. The smallest absolute Gasteiger partial charge is 0.246 e. The molecule has 3 rings (SSSR count). The second kappa shape index (κ2) is 8.83. The Bertz CT molecular complexity index is 934. The van der Waals surface area contributed by atoms with Crippen molar-refractivity contribution in [1.29, 1.82) is 0 Å². The van der Waals surface area contributed by atoms with Crippen molar-refractivity contribution in [2.75, 3.05) is 46.3 Å². The van der Waals surface area contributed by atoms with E-state index in [9.17, 15) is 8.42 Å². The van der Waals surface area contributed by atoms with Crippen molar-refractivity contribution in [3.05, 3.63) is 30.3 Å². The summed E-state index contributed by atoms with van der Waals surface area (Å²) in [6, 6.07) is 8.22. The molecule has 1 aromatic carbocycles. The SMILES string of the molecule is COc1ccc(S(=O)(=O)N2CCCC(Oc3ccc(N(C)C)nn3)C2)c(OC)c1. The van der Waals surface area contributed by atoms with Crippen molar-refractivity contribution < 1.29 is 22.6 Å². The Labute approximate surface area is 171 Å². The topological polar surface area (TPSA) is 94.1 Å². The summed E-state index contributed by atoms with van der Waals surface area (Å²) in [6.07, 6.45) is 1.12. The lowest BCUT2D eigenvalue weighted by Gasteiger charge is -2.32. The molecule has 1 saturated heterocycles. The van der Waals surface area contributed by atoms with Gasteiger partial charge < -0.3 is 19.1 Å². The first kappa shape index (κ1) is 21.1. The van der Waals surface area contributed by atoms with E-state index in [2.05, 4.69) is 10.2 Å². The summed E-state index contributed by atoms with van der Waals surface area (Å²) in [4.78, 5) is 1.95. The van der Waals surface area contributed by atoms with Crippen LogP contribution in [0.5, 0.6) is 17.4 Å². The van der Waals surface area contributed by atoms with Crippen LogP contribution in [0, 0.1) is 0 Å². The fourth-order valence-electron chi connectivity index (χ4n) is 3.13. The molecule has 0 radical (unpaired) electrons. The molecule has 0 spiro atoms. The van der Waals surface area contributed by atoms with Gasteiger partial charge in [-0.05, 0) is 31.0 Å². The third-order valence-electron chi connectivity index (χ3n) is 4.70. The van der Waals surface area contributed by atoms with Crippen molar-refractivity contribution in [2.45, 2.75) is 23.8 Å². The molecule has 1 unspecified atom stereocenters. The highest BCUT2D eigenvalue weighted by Gasteiger charge is 2.33. The van der Waals surface area contributed by atoms with Crippen LogP contribution in [-0.2, 0) is 10.0 Å². The zero-order chi connectivity index (χ0) is 21.0. The summed E-state index contributed by atoms with van der Waals surface area (Å²) in [5.74, 6) is 1.87. The van der Waals surface area contributed by atoms with Gasteiger partial charge in [-0.25, -0.2) is 8.42 Å². The number of hydrogen-bond donors (Lipinski definition) is 0. The van der Waals surface area contributed by atoms with Crippen molar-refractivity contribution in [3.63, 3.8) is 0 Å². The lowest BCUT2D eigenvalue weighted by molar-refractivity contribution is 0.123. The minimum atomic E-state index is -3.74. The van der Waals surface area contributed by atoms with E-state index in [0.29, 0.717) is 24.6 Å². The van der Waals surface area contributed by atoms with Crippen LogP contribution in [-0.4, -0.2) is 70.4 Å². The number of sulfonamides is 1. The number of hydrogen-bond acceptors (Lipinski definition) is 8. The summed E-state index contributed by atoms with van der Waals surface area (Å²) in [6.45, 7) is 0.650. The van der Waals surface area contributed by atoms with Crippen LogP contribution in [0.15, 0.2) is 35.2 Å². The van der Waals surface area contributed by atoms with Crippen molar-refractivity contribution in [3.8, 4) is 17.4 Å². The highest BCUT2D eigenvalue weighted by molar-refractivity contribution is 7.89. The first-order valence-corrected chi connectivity index (χ1v) is 10.7. The van der Waals surface area contributed by atoms with Gasteiger partial charge in [0.05, 0.1) is 20.8 Å². The standard InChI is InChI=1S/C19H26N4O5S/c1-22(2)18-9-10-19(21-20-18)28-15-6-5-11-23(13-15)29(24,25)17-8-7-14(26-3)12-16(17)27-4/h7-10,12,15H,5-6,11,13H2,1-4H3. The monoisotopic (exact) mass is 422 g/mol. The highest BCUT2D eigenvalue weighted by atomic mass is 32.2. The van der Waals surface area contributed by atoms with E-state index in [1.807, 2.05) is 25.1 Å². The Morgan fingerprint density at radius 2 is 1.90 bits per heavy atom. The van der Waals surface area contributed by atoms with Gasteiger partial charge in [-0.1, -0.05) is 0 Å². The molecule has 1 aliphatic rings. The van der Waals surface area contributed by atoms with Crippen molar-refractivity contribution >= 4 is 15.8 Å². The normalized spacial score (nSPS) is 17.6. The third kappa shape index (κ3) is 4.70. The fraction of sp³-hybridized carbons (Fsp3) is 0.474. The van der Waals surface area contributed by atoms with Crippen molar-refractivity contribution in [1.82, 2.24) is 14.5 Å². The first-order valence-electron chi connectivity index (χ1n) is 9.25. The minimum Gasteiger partial charge on any atom is -0.497 e. The number of benzene rings is 1. The molecule has 0 N–H and O–H groups in total. The van der Waals surface area contributed by atoms with Gasteiger partial charge in [-0.3, -0.25) is 0 Å².